The van der Waals surface area contributed by atoms with Gasteiger partial charge >= 0.3 is 0 Å². The van der Waals surface area contributed by atoms with Crippen LogP contribution in [-0.4, -0.2) is 0 Å². The molecule has 2 rings (SSSR count). The maximum atomic E-state index is 2.22. The van der Waals surface area contributed by atoms with Crippen molar-refractivity contribution in [1.82, 2.24) is 0 Å². The summed E-state index contributed by atoms with van der Waals surface area (Å²) in [5, 5.41) is 0. The summed E-state index contributed by atoms with van der Waals surface area (Å²) in [5.41, 5.74) is 4.09. The molecule has 90 valence electrons. The molecular weight excluding hydrogens is 204 g/mol. The van der Waals surface area contributed by atoms with Gasteiger partial charge in [-0.1, -0.05) is 74.1 Å². The predicted octanol–water partition coefficient (Wildman–Crippen LogP) is 5.01. The van der Waals surface area contributed by atoms with Crippen molar-refractivity contribution >= 4 is 0 Å². The topological polar surface area (TPSA) is 0 Å². The van der Waals surface area contributed by atoms with Gasteiger partial charge in [-0.3, -0.25) is 0 Å². The molecule has 1 aromatic carbocycles. The molecule has 1 aromatic rings. The van der Waals surface area contributed by atoms with Crippen LogP contribution >= 0.6 is 0 Å². The average molecular weight is 226 g/mol. The van der Waals surface area contributed by atoms with Gasteiger partial charge < -0.3 is 0 Å². The quantitative estimate of drug-likeness (QED) is 0.665. The number of rotatable bonds is 2. The molecule has 0 spiro atoms. The first-order valence-corrected chi connectivity index (χ1v) is 6.42. The molecule has 0 radical (unpaired) electrons. The van der Waals surface area contributed by atoms with Crippen LogP contribution in [0, 0.1) is 6.92 Å². The molecule has 1 aliphatic carbocycles. The minimum atomic E-state index is 1.03. The van der Waals surface area contributed by atoms with E-state index in [-0.39, 0.29) is 0 Å². The van der Waals surface area contributed by atoms with Gasteiger partial charge in [0.05, 0.1) is 0 Å². The van der Waals surface area contributed by atoms with E-state index in [4.69, 9.17) is 0 Å². The van der Waals surface area contributed by atoms with Gasteiger partial charge in [0.25, 0.3) is 0 Å². The molecule has 0 saturated heterocycles. The van der Waals surface area contributed by atoms with Crippen LogP contribution in [0.2, 0.25) is 0 Å². The Morgan fingerprint density at radius 1 is 1.00 bits per heavy atom. The van der Waals surface area contributed by atoms with Crippen molar-refractivity contribution in [2.45, 2.75) is 33.6 Å². The van der Waals surface area contributed by atoms with Crippen LogP contribution < -0.4 is 0 Å². The van der Waals surface area contributed by atoms with Gasteiger partial charge in [-0.25, -0.2) is 0 Å². The van der Waals surface area contributed by atoms with Gasteiger partial charge in [0, 0.05) is 0 Å². The second-order valence-electron chi connectivity index (χ2n) is 3.97. The molecule has 0 heterocycles. The molecule has 0 aliphatic heterocycles. The van der Waals surface area contributed by atoms with Gasteiger partial charge in [0.15, 0.2) is 0 Å². The Morgan fingerprint density at radius 2 is 1.71 bits per heavy atom. The van der Waals surface area contributed by atoms with E-state index in [1.807, 2.05) is 13.8 Å². The van der Waals surface area contributed by atoms with Crippen LogP contribution in [-0.2, 0) is 6.42 Å². The summed E-state index contributed by atoms with van der Waals surface area (Å²) in [7, 11) is 0. The highest BCUT2D eigenvalue weighted by Gasteiger charge is 1.96. The first-order chi connectivity index (χ1) is 8.34. The van der Waals surface area contributed by atoms with Crippen LogP contribution in [0.3, 0.4) is 0 Å². The van der Waals surface area contributed by atoms with Crippen molar-refractivity contribution in [2.75, 3.05) is 0 Å². The highest BCUT2D eigenvalue weighted by molar-refractivity contribution is 5.33. The summed E-state index contributed by atoms with van der Waals surface area (Å²) in [6.07, 6.45) is 13.0. The first-order valence-electron chi connectivity index (χ1n) is 6.42. The van der Waals surface area contributed by atoms with Crippen LogP contribution in [0.5, 0.6) is 0 Å². The van der Waals surface area contributed by atoms with Crippen molar-refractivity contribution in [2.24, 2.45) is 0 Å². The van der Waals surface area contributed by atoms with Crippen molar-refractivity contribution in [3.05, 3.63) is 71.3 Å². The van der Waals surface area contributed by atoms with Crippen molar-refractivity contribution in [3.63, 3.8) is 0 Å². The summed E-state index contributed by atoms with van der Waals surface area (Å²) in [5.74, 6) is 0. The molecule has 0 atom stereocenters. The van der Waals surface area contributed by atoms with Crippen molar-refractivity contribution in [1.29, 1.82) is 0 Å². The molecule has 1 aliphatic rings. The number of hydrogen-bond acceptors (Lipinski definition) is 0. The monoisotopic (exact) mass is 226 g/mol. The predicted molar refractivity (Wildman–Crippen MR) is 77.2 cm³/mol. The summed E-state index contributed by atoms with van der Waals surface area (Å²) in [4.78, 5) is 0. The third kappa shape index (κ3) is 4.86. The van der Waals surface area contributed by atoms with Gasteiger partial charge in [-0.2, -0.15) is 0 Å². The number of hydrogen-bond donors (Lipinski definition) is 0. The molecule has 0 amide bonds. The molecule has 0 saturated carbocycles. The fourth-order valence-corrected chi connectivity index (χ4v) is 1.68. The lowest BCUT2D eigenvalue weighted by Gasteiger charge is -2.02. The van der Waals surface area contributed by atoms with E-state index in [1.54, 1.807) is 0 Å². The Labute approximate surface area is 105 Å². The van der Waals surface area contributed by atoms with E-state index in [1.165, 1.54) is 16.7 Å². The number of allylic oxidation sites excluding steroid dienone is 6. The highest BCUT2D eigenvalue weighted by atomic mass is 14.0. The number of benzene rings is 1. The Morgan fingerprint density at radius 3 is 2.41 bits per heavy atom. The molecule has 0 fully saturated rings. The van der Waals surface area contributed by atoms with Gasteiger partial charge in [0.1, 0.15) is 0 Å². The van der Waals surface area contributed by atoms with E-state index in [0.29, 0.717) is 0 Å². The Kier molecular flexibility index (Phi) is 6.09. The van der Waals surface area contributed by atoms with E-state index in [0.717, 1.165) is 12.8 Å². The number of aryl methyl sites for hydroxylation is 1. The Bertz CT molecular complexity index is 402. The molecule has 0 bridgehead atoms. The summed E-state index contributed by atoms with van der Waals surface area (Å²) >= 11 is 0. The summed E-state index contributed by atoms with van der Waals surface area (Å²) in [6.45, 7) is 6.12. The van der Waals surface area contributed by atoms with Crippen molar-refractivity contribution in [3.8, 4) is 0 Å². The third-order valence-electron chi connectivity index (χ3n) is 2.58. The fraction of sp³-hybridized carbons (Fsp3) is 0.294. The van der Waals surface area contributed by atoms with Crippen LogP contribution in [0.4, 0.5) is 0 Å². The highest BCUT2D eigenvalue weighted by Crippen LogP contribution is 2.13. The van der Waals surface area contributed by atoms with E-state index >= 15 is 0 Å². The second kappa shape index (κ2) is 7.67. The Hall–Kier alpha value is -1.56. The minimum Gasteiger partial charge on any atom is -0.0807 e. The molecule has 0 nitrogen and oxygen atoms in total. The minimum absolute atomic E-state index is 1.03. The smallest absolute Gasteiger partial charge is 0.00259 e. The molecule has 0 heteroatoms. The lowest BCUT2D eigenvalue weighted by Crippen LogP contribution is -1.87. The lowest BCUT2D eigenvalue weighted by atomic mass is 10.0. The third-order valence-corrected chi connectivity index (χ3v) is 2.58. The average Bonchev–Trinajstić information content (AvgIpc) is 2.63. The zero-order valence-corrected chi connectivity index (χ0v) is 11.1. The summed E-state index contributed by atoms with van der Waals surface area (Å²) in [6, 6.07) is 8.76. The van der Waals surface area contributed by atoms with Gasteiger partial charge in [0.2, 0.25) is 0 Å². The van der Waals surface area contributed by atoms with E-state index in [2.05, 4.69) is 61.6 Å². The van der Waals surface area contributed by atoms with E-state index in [9.17, 15) is 0 Å². The zero-order valence-electron chi connectivity index (χ0n) is 11.1. The van der Waals surface area contributed by atoms with Crippen LogP contribution in [0.25, 0.3) is 0 Å². The molecule has 0 aromatic heterocycles. The normalized spacial score (nSPS) is 13.5. The molecule has 17 heavy (non-hydrogen) atoms. The van der Waals surface area contributed by atoms with Gasteiger partial charge in [-0.15, -0.1) is 0 Å². The maximum absolute atomic E-state index is 2.22. The Balaban J connectivity index is 0.000000686. The van der Waals surface area contributed by atoms with Crippen LogP contribution in [0.15, 0.2) is 60.2 Å². The lowest BCUT2D eigenvalue weighted by molar-refractivity contribution is 1.19. The van der Waals surface area contributed by atoms with Crippen LogP contribution in [0.1, 0.15) is 31.4 Å². The molecule has 0 N–H and O–H groups in total. The second-order valence-corrected chi connectivity index (χ2v) is 3.97. The standard InChI is InChI=1S/C15H16.C2H6/c1-13-8-10-15(11-9-13)12-14-6-4-2-3-5-7-14;1-2/h2,4-11H,3,12H2,1H3;1-2H3. The molecule has 0 unspecified atom stereocenters. The fourth-order valence-electron chi connectivity index (χ4n) is 1.68. The zero-order chi connectivity index (χ0) is 12.5. The largest absolute Gasteiger partial charge is 0.0807 e. The van der Waals surface area contributed by atoms with Gasteiger partial charge in [-0.05, 0) is 30.9 Å². The molecular formula is C17H22. The van der Waals surface area contributed by atoms with E-state index < -0.39 is 0 Å². The first kappa shape index (κ1) is 13.5. The maximum Gasteiger partial charge on any atom is -0.00259 e. The SMILES string of the molecule is CC.Cc1ccc(CC2=CC=CCC=C2)cc1. The summed E-state index contributed by atoms with van der Waals surface area (Å²) < 4.78 is 0. The van der Waals surface area contributed by atoms with Crippen molar-refractivity contribution < 1.29 is 0 Å².